The average molecular weight is 1290 g/mol. The lowest BCUT2D eigenvalue weighted by Crippen LogP contribution is -2.45. The van der Waals surface area contributed by atoms with Gasteiger partial charge >= 0.3 is 30.4 Å². The first-order chi connectivity index (χ1) is 41.0. The summed E-state index contributed by atoms with van der Waals surface area (Å²) in [4.78, 5) is 53.2. The Bertz CT molecular complexity index is 3470. The largest absolute Gasteiger partial charge is 0.465 e. The quantitative estimate of drug-likeness (QED) is 0.0286. The molecule has 0 fully saturated rings. The number of amides is 1. The number of allylic oxidation sites excluding steroid dienone is 4. The highest BCUT2D eigenvalue weighted by Gasteiger charge is 2.46. The Kier molecular flexibility index (Phi) is 24.9. The van der Waals surface area contributed by atoms with E-state index in [0.717, 1.165) is 11.1 Å². The molecule has 1 amide bonds. The number of rotatable bonds is 19. The molecule has 6 aromatic rings. The second-order valence-electron chi connectivity index (χ2n) is 21.7. The van der Waals surface area contributed by atoms with E-state index >= 15 is 0 Å². The summed E-state index contributed by atoms with van der Waals surface area (Å²) in [6.45, 7) is 12.4. The number of hydrogen-bond donors (Lipinski definition) is 5. The van der Waals surface area contributed by atoms with Gasteiger partial charge in [0.15, 0.2) is 0 Å². The number of nitrogens with two attached hydrogens (primary N) is 3. The van der Waals surface area contributed by atoms with Crippen LogP contribution in [0.2, 0.25) is 10.0 Å². The van der Waals surface area contributed by atoms with Gasteiger partial charge in [-0.15, -0.1) is 0 Å². The number of hydrogen-bond acceptors (Lipinski definition) is 18. The number of aromatic nitrogens is 8. The van der Waals surface area contributed by atoms with Gasteiger partial charge in [-0.25, -0.2) is 28.9 Å². The van der Waals surface area contributed by atoms with Gasteiger partial charge in [0.05, 0.1) is 47.4 Å². The van der Waals surface area contributed by atoms with Crippen LogP contribution in [0.4, 0.5) is 43.0 Å². The van der Waals surface area contributed by atoms with Crippen molar-refractivity contribution in [1.29, 1.82) is 0 Å². The summed E-state index contributed by atoms with van der Waals surface area (Å²) in [6.07, 6.45) is -4.07. The van der Waals surface area contributed by atoms with Crippen molar-refractivity contribution in [2.45, 2.75) is 142 Å². The third-order valence-electron chi connectivity index (χ3n) is 13.7. The molecule has 2 aliphatic rings. The van der Waals surface area contributed by atoms with Crippen LogP contribution in [-0.2, 0) is 23.8 Å². The molecule has 4 heterocycles. The molecule has 8 rings (SSSR count). The SMILES string of the molecule is CCOC(=O)[C@@H](N)CC1CC=C(c2cc(O[C@H](c3ccc(Cl)cc3-n3ccc(C)n3)C(F)(F)F)nc(N)n2)CC1.CCOC(=O)[C@H](CC1CC=C(c2cc(O[C@H](c3ccc(Cl)cc3-n3ccc(C)n3)C(F)(F)F)nc(N)n2)CC1)NC(=O)OC(C)(C)C.N.O. The molecule has 0 saturated carbocycles. The van der Waals surface area contributed by atoms with Gasteiger partial charge in [0.2, 0.25) is 35.9 Å². The highest BCUT2D eigenvalue weighted by Crippen LogP contribution is 2.43. The van der Waals surface area contributed by atoms with Gasteiger partial charge in [-0.2, -0.15) is 46.5 Å². The molecule has 6 atom stereocenters. The molecule has 2 aliphatic carbocycles. The topological polar surface area (TPSA) is 341 Å². The first-order valence-electron chi connectivity index (χ1n) is 27.8. The lowest BCUT2D eigenvalue weighted by atomic mass is 9.84. The Morgan fingerprint density at radius 2 is 1.09 bits per heavy atom. The molecule has 2 unspecified atom stereocenters. The van der Waals surface area contributed by atoms with Gasteiger partial charge in [0.1, 0.15) is 17.7 Å². The summed E-state index contributed by atoms with van der Waals surface area (Å²) >= 11 is 12.3. The maximum Gasteiger partial charge on any atom is 0.429 e. The van der Waals surface area contributed by atoms with Crippen molar-refractivity contribution in [3.05, 3.63) is 129 Å². The number of carbonyl (C=O) groups is 3. The van der Waals surface area contributed by atoms with Crippen molar-refractivity contribution in [2.75, 3.05) is 24.7 Å². The zero-order valence-corrected chi connectivity index (χ0v) is 51.4. The normalized spacial score (nSPS) is 16.4. The van der Waals surface area contributed by atoms with Crippen LogP contribution in [0.25, 0.3) is 22.5 Å². The minimum atomic E-state index is -4.84. The van der Waals surface area contributed by atoms with Crippen molar-refractivity contribution in [3.63, 3.8) is 0 Å². The predicted octanol–water partition coefficient (Wildman–Crippen LogP) is 11.6. The number of nitrogen functional groups attached to an aromatic ring is 2. The molecule has 12 N–H and O–H groups in total. The molecule has 2 aromatic carbocycles. The highest BCUT2D eigenvalue weighted by molar-refractivity contribution is 6.31. The zero-order chi connectivity index (χ0) is 63.5. The fourth-order valence-corrected chi connectivity index (χ4v) is 10.1. The number of ether oxygens (including phenoxy) is 5. The lowest BCUT2D eigenvalue weighted by molar-refractivity contribution is -0.199. The summed E-state index contributed by atoms with van der Waals surface area (Å²) < 4.78 is 116. The molecule has 0 bridgehead atoms. The molecule has 0 spiro atoms. The monoisotopic (exact) mass is 1290 g/mol. The Morgan fingerprint density at radius 1 is 0.663 bits per heavy atom. The van der Waals surface area contributed by atoms with Crippen LogP contribution < -0.4 is 38.1 Å². The number of alkyl carbamates (subject to hydrolysis) is 1. The third kappa shape index (κ3) is 20.2. The molecule has 0 radical (unpaired) electrons. The van der Waals surface area contributed by atoms with Gasteiger partial charge in [0, 0.05) is 45.7 Å². The molecule has 0 saturated heterocycles. The number of anilines is 2. The fourth-order valence-electron chi connectivity index (χ4n) is 9.78. The number of alkyl halides is 6. The summed E-state index contributed by atoms with van der Waals surface area (Å²) in [5, 5.41) is 11.6. The van der Waals surface area contributed by atoms with Crippen molar-refractivity contribution in [3.8, 4) is 23.1 Å². The van der Waals surface area contributed by atoms with Crippen LogP contribution in [0.1, 0.15) is 132 Å². The summed E-state index contributed by atoms with van der Waals surface area (Å²) in [7, 11) is 0. The number of halogens is 8. The Balaban J connectivity index is 0.000000321. The predicted molar refractivity (Wildman–Crippen MR) is 321 cm³/mol. The summed E-state index contributed by atoms with van der Waals surface area (Å²) in [5.41, 5.74) is 20.3. The smallest absolute Gasteiger partial charge is 0.429 e. The van der Waals surface area contributed by atoms with Crippen molar-refractivity contribution in [2.24, 2.45) is 17.6 Å². The van der Waals surface area contributed by atoms with Gasteiger partial charge in [0.25, 0.3) is 0 Å². The Morgan fingerprint density at radius 3 is 1.46 bits per heavy atom. The molecule has 30 heteroatoms. The standard InChI is InChI=1S/C32H38ClF3N6O5.C27H30ClF3N6O3.H3N.H2O/c1-6-45-28(43)24(39-30(44)47-31(3,4)5)15-19-7-9-20(10-8-19)23-17-26(40-29(37)38-23)46-27(32(34,35)36)22-12-11-21(33)16-25(22)42-14-13-18(2)41-42;1-3-39-25(38)20(32)12-16-4-6-17(7-5-16)21-14-23(35-26(33)34-21)40-24(27(29,30)31)19-9-8-18(28)13-22(19)37-11-10-15(2)36-37;;/h9,11-14,16-17,19,24,27H,6-8,10,15H2,1-5H3,(H,39,44)(H2,37,38,40);6,8-11,13-14,16,20,24H,3-5,7,12,32H2,1-2H3,(H2,33,34,35);1H3;1H2/t19?,24-,27+;16?,20-,24+;;/m00../s1. The average Bonchev–Trinajstić information content (AvgIpc) is 2.00. The van der Waals surface area contributed by atoms with Crippen LogP contribution >= 0.6 is 23.2 Å². The number of benzene rings is 2. The van der Waals surface area contributed by atoms with Crippen molar-refractivity contribution < 1.29 is 69.9 Å². The van der Waals surface area contributed by atoms with Gasteiger partial charge in [-0.05, 0) is 159 Å². The number of aryl methyl sites for hydroxylation is 2. The number of nitrogens with zero attached hydrogens (tertiary/aromatic N) is 8. The van der Waals surface area contributed by atoms with E-state index in [2.05, 4.69) is 35.5 Å². The van der Waals surface area contributed by atoms with E-state index in [1.54, 1.807) is 66.8 Å². The molecular weight excluding hydrogens is 1220 g/mol. The highest BCUT2D eigenvalue weighted by atomic mass is 35.5. The molecule has 22 nitrogen and oxygen atoms in total. The van der Waals surface area contributed by atoms with Crippen molar-refractivity contribution >= 4 is 64.3 Å². The molecule has 484 valence electrons. The van der Waals surface area contributed by atoms with E-state index in [1.165, 1.54) is 64.1 Å². The third-order valence-corrected chi connectivity index (χ3v) is 14.2. The molecule has 4 aromatic heterocycles. The Labute approximate surface area is 519 Å². The van der Waals surface area contributed by atoms with E-state index in [9.17, 15) is 40.7 Å². The lowest BCUT2D eigenvalue weighted by Gasteiger charge is -2.27. The van der Waals surface area contributed by atoms with Crippen LogP contribution in [0.3, 0.4) is 0 Å². The van der Waals surface area contributed by atoms with Crippen LogP contribution in [0, 0.1) is 25.7 Å². The summed E-state index contributed by atoms with van der Waals surface area (Å²) in [5.74, 6) is -2.03. The maximum atomic E-state index is 14.5. The van der Waals surface area contributed by atoms with E-state index < -0.39 is 60.3 Å². The second kappa shape index (κ2) is 30.9. The van der Waals surface area contributed by atoms with E-state index in [0.29, 0.717) is 74.1 Å². The van der Waals surface area contributed by atoms with Gasteiger partial charge in [-0.1, -0.05) is 47.5 Å². The van der Waals surface area contributed by atoms with Gasteiger partial charge in [-0.3, -0.25) is 4.79 Å². The Hall–Kier alpha value is -8.05. The fraction of sp³-hybridized carbons (Fsp3) is 0.441. The van der Waals surface area contributed by atoms with Crippen molar-refractivity contribution in [1.82, 2.24) is 51.0 Å². The number of nitrogens with one attached hydrogen (secondary N) is 1. The van der Waals surface area contributed by atoms with Gasteiger partial charge < -0.3 is 57.8 Å². The minimum Gasteiger partial charge on any atom is -0.465 e. The molecule has 0 aliphatic heterocycles. The van der Waals surface area contributed by atoms with Crippen LogP contribution in [-0.4, -0.2) is 106 Å². The van der Waals surface area contributed by atoms with E-state index in [4.69, 9.17) is 64.1 Å². The molecule has 89 heavy (non-hydrogen) atoms. The molecular formula is C59H73Cl2F6N13O9. The van der Waals surface area contributed by atoms with E-state index in [1.807, 2.05) is 12.2 Å². The summed E-state index contributed by atoms with van der Waals surface area (Å²) in [6, 6.07) is 12.3. The zero-order valence-electron chi connectivity index (χ0n) is 49.9. The number of esters is 2. The second-order valence-corrected chi connectivity index (χ2v) is 22.6. The number of carbonyl (C=O) groups excluding carboxylic acids is 3. The minimum absolute atomic E-state index is 0. The first-order valence-corrected chi connectivity index (χ1v) is 28.6. The maximum absolute atomic E-state index is 14.5. The van der Waals surface area contributed by atoms with E-state index in [-0.39, 0.29) is 92.9 Å². The van der Waals surface area contributed by atoms with Crippen LogP contribution in [0.15, 0.2) is 85.2 Å². The first kappa shape index (κ1) is 71.7. The van der Waals surface area contributed by atoms with Crippen LogP contribution in [0.5, 0.6) is 11.8 Å².